The van der Waals surface area contributed by atoms with E-state index in [1.54, 1.807) is 20.1 Å². The fraction of sp³-hybridized carbons (Fsp3) is 0.391. The smallest absolute Gasteiger partial charge is 0.159 e. The van der Waals surface area contributed by atoms with E-state index < -0.39 is 23.0 Å². The molecule has 0 atom stereocenters. The summed E-state index contributed by atoms with van der Waals surface area (Å²) in [6, 6.07) is 6.54. The Balaban J connectivity index is 1.75. The van der Waals surface area contributed by atoms with Crippen LogP contribution < -0.4 is 5.32 Å². The molecule has 1 saturated carbocycles. The average Bonchev–Trinajstić information content (AvgIpc) is 3.02. The number of rotatable bonds is 3. The van der Waals surface area contributed by atoms with Crippen LogP contribution in [0.25, 0.3) is 16.7 Å². The number of hydrogen-bond donors (Lipinski definition) is 2. The number of methoxy groups -OCH3 is 1. The molecule has 2 aliphatic rings. The third-order valence-corrected chi connectivity index (χ3v) is 6.38. The molecule has 6 heteroatoms. The van der Waals surface area contributed by atoms with E-state index in [1.165, 1.54) is 12.1 Å². The summed E-state index contributed by atoms with van der Waals surface area (Å²) in [6.45, 7) is 2.08. The van der Waals surface area contributed by atoms with Crippen LogP contribution in [0, 0.1) is 24.4 Å². The monoisotopic (exact) mass is 403 g/mol. The lowest BCUT2D eigenvalue weighted by Crippen LogP contribution is -2.46. The van der Waals surface area contributed by atoms with Crippen molar-refractivity contribution >= 4 is 5.57 Å². The molecular formula is C23H24F3NO2. The molecule has 1 aliphatic heterocycles. The molecule has 0 unspecified atom stereocenters. The van der Waals surface area contributed by atoms with Crippen LogP contribution in [-0.2, 0) is 4.74 Å². The number of benzene rings is 2. The second-order valence-electron chi connectivity index (χ2n) is 7.96. The zero-order chi connectivity index (χ0) is 20.8. The molecule has 2 aromatic rings. The van der Waals surface area contributed by atoms with Crippen LogP contribution >= 0.6 is 0 Å². The zero-order valence-corrected chi connectivity index (χ0v) is 16.5. The van der Waals surface area contributed by atoms with E-state index in [9.17, 15) is 18.3 Å². The largest absolute Gasteiger partial charge is 0.510 e. The lowest BCUT2D eigenvalue weighted by Gasteiger charge is -2.37. The van der Waals surface area contributed by atoms with Crippen LogP contribution in [0.5, 0.6) is 0 Å². The van der Waals surface area contributed by atoms with Crippen molar-refractivity contribution < 1.29 is 23.0 Å². The van der Waals surface area contributed by atoms with Gasteiger partial charge in [0.1, 0.15) is 11.6 Å². The first-order valence-corrected chi connectivity index (χ1v) is 9.81. The number of aliphatic hydroxyl groups is 1. The van der Waals surface area contributed by atoms with Gasteiger partial charge in [0.25, 0.3) is 0 Å². The van der Waals surface area contributed by atoms with Gasteiger partial charge in [-0.2, -0.15) is 0 Å². The summed E-state index contributed by atoms with van der Waals surface area (Å²) in [5, 5.41) is 14.5. The molecule has 3 nitrogen and oxygen atoms in total. The maximum atomic E-state index is 14.7. The van der Waals surface area contributed by atoms with Crippen LogP contribution in [0.3, 0.4) is 0 Å². The summed E-state index contributed by atoms with van der Waals surface area (Å²) in [4.78, 5) is 0. The van der Waals surface area contributed by atoms with E-state index in [1.807, 2.05) is 0 Å². The molecular weight excluding hydrogens is 379 g/mol. The summed E-state index contributed by atoms with van der Waals surface area (Å²) in [5.41, 5.74) is 1.96. The van der Waals surface area contributed by atoms with Crippen LogP contribution in [-0.4, -0.2) is 30.4 Å². The van der Waals surface area contributed by atoms with Crippen LogP contribution in [0.1, 0.15) is 36.8 Å². The molecule has 0 bridgehead atoms. The number of hydrogen-bond acceptors (Lipinski definition) is 3. The molecule has 4 rings (SSSR count). The number of halogens is 3. The second kappa shape index (κ2) is 7.50. The molecule has 0 aromatic heterocycles. The van der Waals surface area contributed by atoms with Crippen LogP contribution in [0.2, 0.25) is 0 Å². The predicted molar refractivity (Wildman–Crippen MR) is 106 cm³/mol. The zero-order valence-electron chi connectivity index (χ0n) is 16.5. The Hall–Kier alpha value is -2.31. The molecule has 1 spiro atoms. The van der Waals surface area contributed by atoms with Crippen molar-refractivity contribution in [3.63, 3.8) is 0 Å². The number of ether oxygens (including phenoxy) is 1. The fourth-order valence-electron chi connectivity index (χ4n) is 4.50. The first kappa shape index (κ1) is 20.0. The van der Waals surface area contributed by atoms with Crippen molar-refractivity contribution in [2.24, 2.45) is 0 Å². The van der Waals surface area contributed by atoms with Gasteiger partial charge in [0.2, 0.25) is 0 Å². The highest BCUT2D eigenvalue weighted by atomic mass is 19.2. The van der Waals surface area contributed by atoms with Gasteiger partial charge in [-0.05, 0) is 79.1 Å². The molecule has 1 aliphatic carbocycles. The molecule has 0 amide bonds. The van der Waals surface area contributed by atoms with Crippen molar-refractivity contribution in [3.05, 3.63) is 64.7 Å². The quantitative estimate of drug-likeness (QED) is 0.733. The lowest BCUT2D eigenvalue weighted by molar-refractivity contribution is 0.0439. The standard InChI is InChI=1S/C23H24F3NO2/c1-13-17(9-15(11-20(13)25)14-3-4-19(24)21(26)10-14)18-12-27-23(22(18)28)7-5-16(29-2)6-8-23/h3-4,9-11,16,27-28H,5-8,12H2,1-2H3/t16-,23-. The first-order chi connectivity index (χ1) is 13.8. The molecule has 1 heterocycles. The van der Waals surface area contributed by atoms with Crippen molar-refractivity contribution in [1.29, 1.82) is 0 Å². The Bertz CT molecular complexity index is 978. The number of nitrogens with one attached hydrogen (secondary N) is 1. The summed E-state index contributed by atoms with van der Waals surface area (Å²) in [7, 11) is 1.70. The average molecular weight is 403 g/mol. The topological polar surface area (TPSA) is 41.5 Å². The molecule has 29 heavy (non-hydrogen) atoms. The van der Waals surface area contributed by atoms with Crippen molar-refractivity contribution in [1.82, 2.24) is 5.32 Å². The van der Waals surface area contributed by atoms with Gasteiger partial charge < -0.3 is 15.2 Å². The Morgan fingerprint density at radius 2 is 1.69 bits per heavy atom. The SMILES string of the molecule is CO[C@H]1CC[C@@]2(CC1)NCC(c1cc(-c3ccc(F)c(F)c3)cc(F)c1C)=C2O. The highest BCUT2D eigenvalue weighted by Crippen LogP contribution is 2.42. The third kappa shape index (κ3) is 3.45. The van der Waals surface area contributed by atoms with Crippen molar-refractivity contribution in [3.8, 4) is 11.1 Å². The van der Waals surface area contributed by atoms with Crippen LogP contribution in [0.15, 0.2) is 36.1 Å². The third-order valence-electron chi connectivity index (χ3n) is 6.38. The van der Waals surface area contributed by atoms with E-state index in [-0.39, 0.29) is 11.9 Å². The second-order valence-corrected chi connectivity index (χ2v) is 7.96. The highest BCUT2D eigenvalue weighted by Gasteiger charge is 2.44. The van der Waals surface area contributed by atoms with Crippen molar-refractivity contribution in [2.45, 2.75) is 44.2 Å². The van der Waals surface area contributed by atoms with E-state index in [0.29, 0.717) is 34.4 Å². The van der Waals surface area contributed by atoms with Gasteiger partial charge in [0, 0.05) is 19.2 Å². The first-order valence-electron chi connectivity index (χ1n) is 9.81. The van der Waals surface area contributed by atoms with Gasteiger partial charge in [-0.15, -0.1) is 0 Å². The van der Waals surface area contributed by atoms with Gasteiger partial charge >= 0.3 is 0 Å². The summed E-state index contributed by atoms with van der Waals surface area (Å²) in [6.07, 6.45) is 3.35. The van der Waals surface area contributed by atoms with E-state index in [4.69, 9.17) is 4.74 Å². The maximum absolute atomic E-state index is 14.7. The molecule has 1 fully saturated rings. The van der Waals surface area contributed by atoms with E-state index in [2.05, 4.69) is 5.32 Å². The minimum absolute atomic E-state index is 0.190. The molecule has 154 valence electrons. The Labute approximate surface area is 168 Å². The van der Waals surface area contributed by atoms with Gasteiger partial charge in [-0.1, -0.05) is 6.07 Å². The van der Waals surface area contributed by atoms with Gasteiger partial charge in [-0.25, -0.2) is 13.2 Å². The number of aliphatic hydroxyl groups excluding tert-OH is 1. The molecule has 2 aromatic carbocycles. The van der Waals surface area contributed by atoms with E-state index >= 15 is 0 Å². The summed E-state index contributed by atoms with van der Waals surface area (Å²) < 4.78 is 47.1. The fourth-order valence-corrected chi connectivity index (χ4v) is 4.50. The maximum Gasteiger partial charge on any atom is 0.159 e. The molecule has 0 saturated heterocycles. The Morgan fingerprint density at radius 1 is 1.00 bits per heavy atom. The minimum Gasteiger partial charge on any atom is -0.510 e. The Morgan fingerprint density at radius 3 is 2.34 bits per heavy atom. The predicted octanol–water partition coefficient (Wildman–Crippen LogP) is 5.28. The summed E-state index contributed by atoms with van der Waals surface area (Å²) in [5.74, 6) is -2.14. The van der Waals surface area contributed by atoms with Gasteiger partial charge in [-0.3, -0.25) is 0 Å². The van der Waals surface area contributed by atoms with E-state index in [0.717, 1.165) is 37.8 Å². The lowest BCUT2D eigenvalue weighted by atomic mass is 9.79. The van der Waals surface area contributed by atoms with Gasteiger partial charge in [0.05, 0.1) is 11.6 Å². The normalized spacial score (nSPS) is 24.5. The summed E-state index contributed by atoms with van der Waals surface area (Å²) >= 11 is 0. The van der Waals surface area contributed by atoms with Gasteiger partial charge in [0.15, 0.2) is 11.6 Å². The minimum atomic E-state index is -0.983. The highest BCUT2D eigenvalue weighted by molar-refractivity contribution is 5.79. The van der Waals surface area contributed by atoms with Crippen molar-refractivity contribution in [2.75, 3.05) is 13.7 Å². The Kier molecular flexibility index (Phi) is 5.17. The molecule has 0 radical (unpaired) electrons. The molecule has 2 N–H and O–H groups in total. The van der Waals surface area contributed by atoms with Crippen LogP contribution in [0.4, 0.5) is 13.2 Å².